The number of carbonyl (C=O) groups excluding carboxylic acids is 5. The molecule has 2 heterocycles. The summed E-state index contributed by atoms with van der Waals surface area (Å²) in [7, 11) is 1.31. The van der Waals surface area contributed by atoms with E-state index in [0.717, 1.165) is 17.1 Å². The van der Waals surface area contributed by atoms with Gasteiger partial charge in [0.1, 0.15) is 22.8 Å². The Balaban J connectivity index is 1.39. The van der Waals surface area contributed by atoms with Gasteiger partial charge in [-0.3, -0.25) is 28.9 Å². The molecule has 0 bridgehead atoms. The van der Waals surface area contributed by atoms with E-state index in [0.29, 0.717) is 0 Å². The van der Waals surface area contributed by atoms with Gasteiger partial charge in [-0.15, -0.1) is 0 Å². The largest absolute Gasteiger partial charge is 0.507 e. The second kappa shape index (κ2) is 13.6. The summed E-state index contributed by atoms with van der Waals surface area (Å²) >= 11 is 0. The predicted molar refractivity (Wildman–Crippen MR) is 173 cm³/mol. The molecule has 8 N–H and O–H groups in total. The highest BCUT2D eigenvalue weighted by atomic mass is 16.7. The standard InChI is InChI=1S/C34H36N4O13/c1-14-29(43)17(35)10-24(50-14)51-19-12-34(48,20(13-39)36-37-21(40)8-9-38-22(41)6-7-23(38)42)11-16-26(19)33(47)28-27(31(16)45)30(44)15-4-3-5-18(49-2)25(15)32(28)46/h3-7,14,17,19,24,29,39,43,45,47-48H,8-13,35H2,1-2H3,(H,37,40)/b36-20-/t14?,17?,19-,24?,29?,34-/m0/s1. The van der Waals surface area contributed by atoms with Crippen LogP contribution >= 0.6 is 0 Å². The molecule has 1 fully saturated rings. The average Bonchev–Trinajstić information content (AvgIpc) is 3.42. The fourth-order valence-electron chi connectivity index (χ4n) is 6.95. The van der Waals surface area contributed by atoms with Crippen LogP contribution in [0.2, 0.25) is 0 Å². The van der Waals surface area contributed by atoms with Crippen molar-refractivity contribution in [2.45, 2.75) is 68.9 Å². The number of carbonyl (C=O) groups is 5. The summed E-state index contributed by atoms with van der Waals surface area (Å²) in [6, 6.07) is 3.52. The summed E-state index contributed by atoms with van der Waals surface area (Å²) in [4.78, 5) is 64.9. The number of ether oxygens (including phenoxy) is 3. The first-order valence-corrected chi connectivity index (χ1v) is 16.0. The summed E-state index contributed by atoms with van der Waals surface area (Å²) in [5.41, 5.74) is 4.05. The number of imide groups is 1. The number of rotatable bonds is 9. The molecule has 0 aromatic heterocycles. The molecule has 2 aromatic carbocycles. The number of hydrogen-bond acceptors (Lipinski definition) is 15. The number of fused-ring (bicyclic) bond motifs is 3. The van der Waals surface area contributed by atoms with Crippen LogP contribution in [0, 0.1) is 0 Å². The van der Waals surface area contributed by atoms with Crippen molar-refractivity contribution in [1.29, 1.82) is 0 Å². The van der Waals surface area contributed by atoms with E-state index in [-0.39, 0.29) is 47.4 Å². The Morgan fingerprint density at radius 3 is 2.43 bits per heavy atom. The van der Waals surface area contributed by atoms with Gasteiger partial charge in [0.15, 0.2) is 12.1 Å². The maximum atomic E-state index is 13.9. The number of methoxy groups -OCH3 is 1. The molecule has 4 unspecified atom stereocenters. The fraction of sp³-hybridized carbons (Fsp3) is 0.412. The molecule has 51 heavy (non-hydrogen) atoms. The lowest BCUT2D eigenvalue weighted by atomic mass is 9.71. The summed E-state index contributed by atoms with van der Waals surface area (Å²) < 4.78 is 17.3. The molecule has 0 radical (unpaired) electrons. The quantitative estimate of drug-likeness (QED) is 0.0622. The van der Waals surface area contributed by atoms with Crippen LogP contribution in [0.1, 0.15) is 75.3 Å². The Morgan fingerprint density at radius 2 is 1.78 bits per heavy atom. The normalized spacial score (nSPS) is 27.3. The molecule has 3 amide bonds. The lowest BCUT2D eigenvalue weighted by Crippen LogP contribution is -2.53. The number of hydrogen-bond donors (Lipinski definition) is 7. The number of nitrogens with one attached hydrogen (secondary N) is 1. The smallest absolute Gasteiger partial charge is 0.253 e. The van der Waals surface area contributed by atoms with Crippen molar-refractivity contribution in [3.05, 3.63) is 63.7 Å². The molecule has 6 rings (SSSR count). The number of hydrazone groups is 1. The van der Waals surface area contributed by atoms with Gasteiger partial charge in [-0.2, -0.15) is 5.10 Å². The Bertz CT molecular complexity index is 1880. The van der Waals surface area contributed by atoms with Crippen molar-refractivity contribution in [3.8, 4) is 17.2 Å². The van der Waals surface area contributed by atoms with E-state index in [1.807, 2.05) is 0 Å². The van der Waals surface area contributed by atoms with Crippen molar-refractivity contribution in [1.82, 2.24) is 10.3 Å². The lowest BCUT2D eigenvalue weighted by Gasteiger charge is -2.43. The molecule has 270 valence electrons. The van der Waals surface area contributed by atoms with E-state index in [1.54, 1.807) is 6.92 Å². The van der Waals surface area contributed by atoms with Crippen molar-refractivity contribution < 1.29 is 63.7 Å². The first-order valence-electron chi connectivity index (χ1n) is 16.0. The Morgan fingerprint density at radius 1 is 1.10 bits per heavy atom. The van der Waals surface area contributed by atoms with E-state index >= 15 is 0 Å². The average molecular weight is 709 g/mol. The molecular weight excluding hydrogens is 672 g/mol. The molecule has 0 spiro atoms. The molecule has 17 nitrogen and oxygen atoms in total. The minimum Gasteiger partial charge on any atom is -0.507 e. The number of phenols is 2. The molecule has 17 heteroatoms. The third-order valence-corrected chi connectivity index (χ3v) is 9.61. The van der Waals surface area contributed by atoms with Gasteiger partial charge < -0.3 is 45.5 Å². The SMILES string of the molecule is COc1cccc2c1C(=O)c1c(O)c3c(c(O)c1C2=O)C[C@@](O)(/C(CO)=N\NC(=O)CCN1C(=O)C=CC1=O)C[C@@H]3OC1CC(N)C(O)C(C)O1. The van der Waals surface area contributed by atoms with E-state index in [9.17, 15) is 49.5 Å². The third kappa shape index (κ3) is 6.17. The highest BCUT2D eigenvalue weighted by Gasteiger charge is 2.49. The highest BCUT2D eigenvalue weighted by molar-refractivity contribution is 6.31. The Hall–Kier alpha value is -5.04. The number of amides is 3. The summed E-state index contributed by atoms with van der Waals surface area (Å²) in [6.45, 7) is 0.373. The van der Waals surface area contributed by atoms with Gasteiger partial charge in [-0.25, -0.2) is 5.43 Å². The van der Waals surface area contributed by atoms with Crippen molar-refractivity contribution in [2.24, 2.45) is 10.8 Å². The zero-order chi connectivity index (χ0) is 36.9. The summed E-state index contributed by atoms with van der Waals surface area (Å²) in [5, 5.41) is 60.1. The number of aliphatic hydroxyl groups is 3. The number of aliphatic hydroxyl groups excluding tert-OH is 2. The van der Waals surface area contributed by atoms with Crippen LogP contribution < -0.4 is 15.9 Å². The number of nitrogens with two attached hydrogens (primary N) is 1. The molecule has 2 aromatic rings. The predicted octanol–water partition coefficient (Wildman–Crippen LogP) is -0.780. The van der Waals surface area contributed by atoms with Crippen LogP contribution in [0.4, 0.5) is 0 Å². The molecular formula is C34H36N4O13. The van der Waals surface area contributed by atoms with E-state index in [2.05, 4.69) is 10.5 Å². The van der Waals surface area contributed by atoms with Crippen molar-refractivity contribution in [2.75, 3.05) is 20.3 Å². The zero-order valence-corrected chi connectivity index (χ0v) is 27.5. The maximum Gasteiger partial charge on any atom is 0.253 e. The zero-order valence-electron chi connectivity index (χ0n) is 27.5. The number of benzene rings is 2. The van der Waals surface area contributed by atoms with Gasteiger partial charge in [0.05, 0.1) is 54.4 Å². The van der Waals surface area contributed by atoms with Crippen molar-refractivity contribution >= 4 is 35.0 Å². The lowest BCUT2D eigenvalue weighted by molar-refractivity contribution is -0.245. The monoisotopic (exact) mass is 708 g/mol. The third-order valence-electron chi connectivity index (χ3n) is 9.61. The molecule has 4 aliphatic rings. The fourth-order valence-corrected chi connectivity index (χ4v) is 6.95. The van der Waals surface area contributed by atoms with Gasteiger partial charge in [-0.05, 0) is 13.0 Å². The van der Waals surface area contributed by atoms with Crippen LogP contribution in [-0.2, 0) is 30.3 Å². The summed E-state index contributed by atoms with van der Waals surface area (Å²) in [5.74, 6) is -4.95. The Labute approximate surface area is 289 Å². The number of phenolic OH excluding ortho intramolecular Hbond substituents is 2. The van der Waals surface area contributed by atoms with E-state index in [1.165, 1.54) is 25.3 Å². The van der Waals surface area contributed by atoms with Gasteiger partial charge in [-0.1, -0.05) is 12.1 Å². The number of aromatic hydroxyl groups is 2. The van der Waals surface area contributed by atoms with Crippen LogP contribution in [0.15, 0.2) is 35.5 Å². The van der Waals surface area contributed by atoms with Crippen LogP contribution in [0.25, 0.3) is 0 Å². The van der Waals surface area contributed by atoms with Crippen LogP contribution in [-0.4, -0.2) is 116 Å². The number of ketones is 2. The van der Waals surface area contributed by atoms with E-state index in [4.69, 9.17) is 19.9 Å². The molecule has 0 saturated carbocycles. The second-order valence-corrected chi connectivity index (χ2v) is 12.7. The maximum absolute atomic E-state index is 13.9. The molecule has 2 aliphatic carbocycles. The topological polar surface area (TPSA) is 268 Å². The van der Waals surface area contributed by atoms with Gasteiger partial charge in [0.25, 0.3) is 11.8 Å². The molecule has 6 atom stereocenters. The van der Waals surface area contributed by atoms with Crippen LogP contribution in [0.3, 0.4) is 0 Å². The number of nitrogens with zero attached hydrogens (tertiary/aromatic N) is 2. The summed E-state index contributed by atoms with van der Waals surface area (Å²) in [6.07, 6.45) is -3.70. The minimum atomic E-state index is -2.21. The van der Waals surface area contributed by atoms with Crippen LogP contribution in [0.5, 0.6) is 17.2 Å². The Kier molecular flexibility index (Phi) is 9.53. The van der Waals surface area contributed by atoms with Gasteiger partial charge >= 0.3 is 0 Å². The second-order valence-electron chi connectivity index (χ2n) is 12.7. The van der Waals surface area contributed by atoms with Gasteiger partial charge in [0, 0.05) is 67.1 Å². The first kappa shape index (κ1) is 35.8. The first-order chi connectivity index (χ1) is 24.2. The van der Waals surface area contributed by atoms with Gasteiger partial charge in [0.2, 0.25) is 11.7 Å². The minimum absolute atomic E-state index is 0.0377. The molecule has 2 aliphatic heterocycles. The molecule has 1 saturated heterocycles. The van der Waals surface area contributed by atoms with Crippen molar-refractivity contribution in [3.63, 3.8) is 0 Å². The van der Waals surface area contributed by atoms with E-state index < -0.39 is 113 Å². The highest BCUT2D eigenvalue weighted by Crippen LogP contribution is 2.52.